The van der Waals surface area contributed by atoms with E-state index in [-0.39, 0.29) is 49.1 Å². The monoisotopic (exact) mass is 1100 g/mol. The maximum absolute atomic E-state index is 14.1. The summed E-state index contributed by atoms with van der Waals surface area (Å²) in [6.07, 6.45) is 7.29. The van der Waals surface area contributed by atoms with Gasteiger partial charge in [-0.3, -0.25) is 33.4 Å². The van der Waals surface area contributed by atoms with Gasteiger partial charge in [0.25, 0.3) is 5.56 Å². The highest BCUT2D eigenvalue weighted by Gasteiger charge is 2.53. The Bertz CT molecular complexity index is 3130. The third kappa shape index (κ3) is 13.1. The fourth-order valence-corrected chi connectivity index (χ4v) is 11.6. The Kier molecular flexibility index (Phi) is 17.7. The van der Waals surface area contributed by atoms with Crippen molar-refractivity contribution in [3.63, 3.8) is 0 Å². The lowest BCUT2D eigenvalue weighted by atomic mass is 9.85. The third-order valence-corrected chi connectivity index (χ3v) is 16.5. The summed E-state index contributed by atoms with van der Waals surface area (Å²) in [5.41, 5.74) is 4.50. The fraction of sp³-hybridized carbons (Fsp3) is 0.544. The minimum absolute atomic E-state index is 0.00629. The minimum Gasteiger partial charge on any atom is -0.491 e. The van der Waals surface area contributed by atoms with E-state index >= 15 is 0 Å². The number of fused-ring (bicyclic) bond motifs is 1. The van der Waals surface area contributed by atoms with Crippen molar-refractivity contribution < 1.29 is 38.5 Å². The van der Waals surface area contributed by atoms with Crippen molar-refractivity contribution in [2.45, 2.75) is 117 Å². The first kappa shape index (κ1) is 56.8. The van der Waals surface area contributed by atoms with Gasteiger partial charge >= 0.3 is 0 Å². The molecule has 2 aliphatic heterocycles. The number of carbonyl (C=O) groups is 4. The van der Waals surface area contributed by atoms with E-state index in [4.69, 9.17) is 19.2 Å². The number of rotatable bonds is 22. The number of anilines is 3. The van der Waals surface area contributed by atoms with Gasteiger partial charge in [-0.05, 0) is 81.2 Å². The first-order valence-electron chi connectivity index (χ1n) is 27.4. The van der Waals surface area contributed by atoms with E-state index in [1.54, 1.807) is 23.2 Å². The Morgan fingerprint density at radius 3 is 2.34 bits per heavy atom. The van der Waals surface area contributed by atoms with Crippen LogP contribution in [0, 0.1) is 36.0 Å². The van der Waals surface area contributed by atoms with Crippen molar-refractivity contribution in [3.05, 3.63) is 81.0 Å². The molecule has 6 heterocycles. The van der Waals surface area contributed by atoms with Crippen LogP contribution in [0.4, 0.5) is 17.5 Å². The molecule has 4 aromatic heterocycles. The summed E-state index contributed by atoms with van der Waals surface area (Å²) < 4.78 is 19.8. The first-order chi connectivity index (χ1) is 37.9. The minimum atomic E-state index is -1.13. The number of carbonyl (C=O) groups excluding carboxylic acids is 4. The van der Waals surface area contributed by atoms with Gasteiger partial charge in [-0.2, -0.15) is 10.2 Å². The summed E-state index contributed by atoms with van der Waals surface area (Å²) in [4.78, 5) is 92.6. The van der Waals surface area contributed by atoms with E-state index in [9.17, 15) is 34.3 Å². The molecule has 2 saturated heterocycles. The van der Waals surface area contributed by atoms with Gasteiger partial charge in [0.1, 0.15) is 41.3 Å². The molecular weight excluding hydrogens is 1030 g/mol. The molecular formula is C57H72N12O9S. The number of aromatic nitrogens is 5. The number of aliphatic hydroxyl groups is 1. The quantitative estimate of drug-likeness (QED) is 0.0483. The molecule has 21 nitrogen and oxygen atoms in total. The van der Waals surface area contributed by atoms with Gasteiger partial charge in [0.15, 0.2) is 5.78 Å². The standard InChI is InChI=1S/C57H72N12O9S/c1-35-43-31-61-55(65-50(43)69(40-9-7-8-10-40)52(73)47(35)37(3)70)63-46-14-13-41(30-59-46)67-19-17-66(18-20-67)21-22-76-23-24-77-25-26-78-45-27-38(48-36(2)62-34-79-48)11-12-39(45)29-60-51(72)44-28-42(71)32-68(44)53(74)49(56(4,5)6)64-54(75)57(33-58)15-16-57/h11-14,27,30-31,34,40,42,44,49,71H,7-10,15-26,28-29,32H2,1-6H3,(H,60,72)(H,64,75)(H,59,61,63,65)/t42-,44+,49-/m1/s1. The van der Waals surface area contributed by atoms with E-state index in [0.717, 1.165) is 80.2 Å². The van der Waals surface area contributed by atoms with E-state index < -0.39 is 46.7 Å². The van der Waals surface area contributed by atoms with Crippen LogP contribution in [-0.2, 0) is 30.4 Å². The van der Waals surface area contributed by atoms with Crippen LogP contribution in [0.1, 0.15) is 106 Å². The molecule has 2 aliphatic carbocycles. The predicted molar refractivity (Wildman–Crippen MR) is 298 cm³/mol. The number of ketones is 1. The molecule has 0 unspecified atom stereocenters. The molecule has 0 radical (unpaired) electrons. The number of likely N-dealkylation sites (tertiary alicyclic amines) is 1. The molecule has 79 heavy (non-hydrogen) atoms. The summed E-state index contributed by atoms with van der Waals surface area (Å²) in [5.74, 6) is -0.212. The zero-order valence-electron chi connectivity index (χ0n) is 46.0. The number of thiazole rings is 1. The van der Waals surface area contributed by atoms with Gasteiger partial charge < -0.3 is 45.1 Å². The van der Waals surface area contributed by atoms with Crippen molar-refractivity contribution in [2.75, 3.05) is 82.5 Å². The Morgan fingerprint density at radius 1 is 0.949 bits per heavy atom. The SMILES string of the molecule is CC(=O)c1c(C)c2cnc(Nc3ccc(N4CCN(CCOCCOCCOc5cc(-c6scnc6C)ccc5CNC(=O)[C@@H]5C[C@@H](O)CN5C(=O)[C@@H](NC(=O)C5(C#N)CC5)C(C)(C)C)CC4)cn3)nc2n(C2CCCC2)c1=O. The first-order valence-corrected chi connectivity index (χ1v) is 28.3. The Hall–Kier alpha value is -6.90. The third-order valence-electron chi connectivity index (χ3n) is 15.6. The second-order valence-corrected chi connectivity index (χ2v) is 23.1. The molecule has 420 valence electrons. The average Bonchev–Trinajstić information content (AvgIpc) is 3.76. The maximum atomic E-state index is 14.1. The number of piperazine rings is 1. The van der Waals surface area contributed by atoms with Gasteiger partial charge in [0.2, 0.25) is 23.7 Å². The number of nitrogens with zero attached hydrogens (tertiary/aromatic N) is 9. The Labute approximate surface area is 464 Å². The molecule has 4 N–H and O–H groups in total. The number of pyridine rings is 2. The summed E-state index contributed by atoms with van der Waals surface area (Å²) in [6.45, 7) is 16.7. The zero-order chi connectivity index (χ0) is 56.0. The molecule has 0 bridgehead atoms. The molecule has 5 aromatic rings. The van der Waals surface area contributed by atoms with Crippen molar-refractivity contribution in [1.82, 2.24) is 44.9 Å². The lowest BCUT2D eigenvalue weighted by Gasteiger charge is -2.35. The smallest absolute Gasteiger partial charge is 0.263 e. The number of nitrogens with one attached hydrogen (secondary N) is 3. The summed E-state index contributed by atoms with van der Waals surface area (Å²) >= 11 is 1.52. The van der Waals surface area contributed by atoms with Gasteiger partial charge in [-0.15, -0.1) is 11.3 Å². The van der Waals surface area contributed by atoms with E-state index in [1.807, 2.05) is 64.2 Å². The van der Waals surface area contributed by atoms with Gasteiger partial charge in [0, 0.05) is 75.4 Å². The number of aryl methyl sites for hydroxylation is 2. The lowest BCUT2D eigenvalue weighted by molar-refractivity contribution is -0.144. The maximum Gasteiger partial charge on any atom is 0.263 e. The molecule has 2 saturated carbocycles. The second kappa shape index (κ2) is 24.6. The number of amides is 3. The van der Waals surface area contributed by atoms with Crippen molar-refractivity contribution in [3.8, 4) is 22.3 Å². The van der Waals surface area contributed by atoms with Crippen LogP contribution >= 0.6 is 11.3 Å². The second-order valence-electron chi connectivity index (χ2n) is 22.2. The fourth-order valence-electron chi connectivity index (χ4n) is 10.8. The molecule has 0 spiro atoms. The normalized spacial score (nSPS) is 18.8. The Morgan fingerprint density at radius 2 is 1.68 bits per heavy atom. The number of nitriles is 1. The predicted octanol–water partition coefficient (Wildman–Crippen LogP) is 5.64. The van der Waals surface area contributed by atoms with Crippen LogP contribution in [-0.4, -0.2) is 153 Å². The number of hydrogen-bond acceptors (Lipinski definition) is 18. The van der Waals surface area contributed by atoms with Crippen LogP contribution in [0.2, 0.25) is 0 Å². The summed E-state index contributed by atoms with van der Waals surface area (Å²) in [7, 11) is 0. The van der Waals surface area contributed by atoms with E-state index in [2.05, 4.69) is 46.8 Å². The van der Waals surface area contributed by atoms with Gasteiger partial charge in [-0.25, -0.2) is 15.0 Å². The van der Waals surface area contributed by atoms with Crippen LogP contribution < -0.4 is 31.1 Å². The molecule has 22 heteroatoms. The largest absolute Gasteiger partial charge is 0.491 e. The molecule has 9 rings (SSSR count). The van der Waals surface area contributed by atoms with E-state index in [0.29, 0.717) is 78.9 Å². The van der Waals surface area contributed by atoms with Crippen LogP contribution in [0.15, 0.2) is 53.0 Å². The van der Waals surface area contributed by atoms with E-state index in [1.165, 1.54) is 23.2 Å². The highest BCUT2D eigenvalue weighted by atomic mass is 32.1. The van der Waals surface area contributed by atoms with Gasteiger partial charge in [0.05, 0.1) is 72.1 Å². The topological polar surface area (TPSA) is 259 Å². The molecule has 3 amide bonds. The number of benzene rings is 1. The number of ether oxygens (including phenoxy) is 3. The molecule has 4 aliphatic rings. The highest BCUT2D eigenvalue weighted by Crippen LogP contribution is 2.45. The number of Topliss-reactive ketones (excluding diaryl/α,β-unsaturated/α-hetero) is 1. The van der Waals surface area contributed by atoms with Crippen LogP contribution in [0.5, 0.6) is 5.75 Å². The molecule has 1 aromatic carbocycles. The lowest BCUT2D eigenvalue weighted by Crippen LogP contribution is -2.58. The van der Waals surface area contributed by atoms with Crippen molar-refractivity contribution in [1.29, 1.82) is 5.26 Å². The number of aliphatic hydroxyl groups excluding tert-OH is 1. The van der Waals surface area contributed by atoms with Gasteiger partial charge in [-0.1, -0.05) is 45.7 Å². The van der Waals surface area contributed by atoms with Crippen LogP contribution in [0.25, 0.3) is 21.5 Å². The number of hydrogen-bond donors (Lipinski definition) is 4. The van der Waals surface area contributed by atoms with Crippen molar-refractivity contribution >= 4 is 63.3 Å². The van der Waals surface area contributed by atoms with Crippen molar-refractivity contribution in [2.24, 2.45) is 10.8 Å². The average molecular weight is 1100 g/mol. The molecule has 4 fully saturated rings. The zero-order valence-corrected chi connectivity index (χ0v) is 46.8. The Balaban J connectivity index is 0.704. The highest BCUT2D eigenvalue weighted by molar-refractivity contribution is 7.13. The number of β-amino-alcohol motifs (C(OH)–C–C–N with tert-alkyl or cyclic N) is 1. The summed E-state index contributed by atoms with van der Waals surface area (Å²) in [6, 6.07) is 9.78. The summed E-state index contributed by atoms with van der Waals surface area (Å²) in [5, 5.41) is 30.0. The van der Waals surface area contributed by atoms with Crippen LogP contribution in [0.3, 0.4) is 0 Å². The molecule has 3 atom stereocenters.